The van der Waals surface area contributed by atoms with Crippen molar-refractivity contribution >= 4 is 5.78 Å². The molecule has 0 saturated heterocycles. The number of rotatable bonds is 6. The summed E-state index contributed by atoms with van der Waals surface area (Å²) in [7, 11) is 0. The average Bonchev–Trinajstić information content (AvgIpc) is 3.96. The molecule has 0 heterocycles. The number of carbonyl (C=O) groups excluding carboxylic acids is 1. The Morgan fingerprint density at radius 3 is 1.58 bits per heavy atom. The Balaban J connectivity index is 0.000000138. The lowest BCUT2D eigenvalue weighted by Crippen LogP contribution is -2.36. The zero-order valence-corrected chi connectivity index (χ0v) is 29.8. The van der Waals surface area contributed by atoms with Crippen LogP contribution in [0.4, 0.5) is 0 Å². The Bertz CT molecular complexity index is 2220. The highest BCUT2D eigenvalue weighted by molar-refractivity contribution is 6.05. The largest absolute Gasteiger partial charge is 0.388 e. The van der Waals surface area contributed by atoms with E-state index in [4.69, 9.17) is 0 Å². The molecule has 6 aromatic rings. The molecule has 0 radical (unpaired) electrons. The minimum Gasteiger partial charge on any atom is -0.388 e. The fourth-order valence-corrected chi connectivity index (χ4v) is 10.7. The fraction of sp³-hybridized carbons (Fsp3) is 0.260. The van der Waals surface area contributed by atoms with Crippen LogP contribution in [-0.2, 0) is 38.5 Å². The predicted octanol–water partition coefficient (Wildman–Crippen LogP) is 10.6. The van der Waals surface area contributed by atoms with E-state index in [2.05, 4.69) is 140 Å². The molecule has 52 heavy (non-hydrogen) atoms. The van der Waals surface area contributed by atoms with E-state index < -0.39 is 6.10 Å². The van der Waals surface area contributed by atoms with Crippen molar-refractivity contribution in [1.29, 1.82) is 0 Å². The predicted molar refractivity (Wildman–Crippen MR) is 210 cm³/mol. The van der Waals surface area contributed by atoms with Crippen molar-refractivity contribution in [3.63, 3.8) is 0 Å². The molecule has 10 rings (SSSR count). The van der Waals surface area contributed by atoms with Gasteiger partial charge < -0.3 is 5.11 Å². The zero-order valence-electron chi connectivity index (χ0n) is 29.8. The van der Waals surface area contributed by atoms with Gasteiger partial charge >= 0.3 is 0 Å². The molecule has 2 nitrogen and oxygen atoms in total. The van der Waals surface area contributed by atoms with Gasteiger partial charge in [0.2, 0.25) is 0 Å². The molecule has 0 bridgehead atoms. The number of aliphatic hydroxyl groups is 1. The van der Waals surface area contributed by atoms with E-state index in [-0.39, 0.29) is 10.8 Å². The Morgan fingerprint density at radius 1 is 0.481 bits per heavy atom. The summed E-state index contributed by atoms with van der Waals surface area (Å²) in [6.07, 6.45) is 7.57. The van der Waals surface area contributed by atoms with Gasteiger partial charge in [-0.05, 0) is 113 Å². The zero-order chi connectivity index (χ0) is 35.1. The summed E-state index contributed by atoms with van der Waals surface area (Å²) in [6.45, 7) is 0. The van der Waals surface area contributed by atoms with Crippen LogP contribution >= 0.6 is 0 Å². The Labute approximate surface area is 308 Å². The number of hydrogen-bond donors (Lipinski definition) is 1. The van der Waals surface area contributed by atoms with Crippen LogP contribution in [0.15, 0.2) is 158 Å². The first-order chi connectivity index (χ1) is 25.6. The third-order valence-corrected chi connectivity index (χ3v) is 13.0. The maximum Gasteiger partial charge on any atom is 0.170 e. The van der Waals surface area contributed by atoms with E-state index in [1.54, 1.807) is 0 Å². The smallest absolute Gasteiger partial charge is 0.170 e. The molecular weight excluding hydrogens is 633 g/mol. The monoisotopic (exact) mass is 678 g/mol. The summed E-state index contributed by atoms with van der Waals surface area (Å²) < 4.78 is 0. The summed E-state index contributed by atoms with van der Waals surface area (Å²) in [4.78, 5) is 13.7. The van der Waals surface area contributed by atoms with Crippen molar-refractivity contribution in [2.75, 3.05) is 0 Å². The molecule has 0 fully saturated rings. The number of aryl methyl sites for hydroxylation is 2. The lowest BCUT2D eigenvalue weighted by molar-refractivity contribution is 0.0164. The van der Waals surface area contributed by atoms with Gasteiger partial charge in [0.25, 0.3) is 0 Å². The van der Waals surface area contributed by atoms with Gasteiger partial charge in [0, 0.05) is 16.4 Å². The normalized spacial score (nSPS) is 25.1. The number of benzene rings is 6. The number of carbonyl (C=O) groups is 1. The molecule has 0 amide bonds. The fourth-order valence-electron chi connectivity index (χ4n) is 10.7. The molecule has 0 aliphatic heterocycles. The van der Waals surface area contributed by atoms with Crippen molar-refractivity contribution in [3.8, 4) is 0 Å². The van der Waals surface area contributed by atoms with E-state index in [0.29, 0.717) is 17.6 Å². The molecule has 258 valence electrons. The molecule has 4 aliphatic rings. The van der Waals surface area contributed by atoms with E-state index in [9.17, 15) is 9.90 Å². The van der Waals surface area contributed by atoms with Crippen LogP contribution in [0.2, 0.25) is 0 Å². The highest BCUT2D eigenvalue weighted by Crippen LogP contribution is 2.59. The Morgan fingerprint density at radius 2 is 0.962 bits per heavy atom. The number of hydrogen-bond acceptors (Lipinski definition) is 2. The number of aliphatic hydroxyl groups excluding tert-OH is 1. The first-order valence-corrected chi connectivity index (χ1v) is 19.2. The van der Waals surface area contributed by atoms with Gasteiger partial charge in [0.1, 0.15) is 0 Å². The molecule has 5 unspecified atom stereocenters. The molecule has 1 N–H and O–H groups in total. The van der Waals surface area contributed by atoms with Crippen LogP contribution in [-0.4, -0.2) is 10.9 Å². The minimum absolute atomic E-state index is 0.155. The van der Waals surface area contributed by atoms with Gasteiger partial charge in [0.05, 0.1) is 6.10 Å². The van der Waals surface area contributed by atoms with Crippen LogP contribution in [0.1, 0.15) is 91.2 Å². The van der Waals surface area contributed by atoms with Crippen LogP contribution in [0.5, 0.6) is 0 Å². The quantitative estimate of drug-likeness (QED) is 0.190. The highest BCUT2D eigenvalue weighted by Gasteiger charge is 2.53. The van der Waals surface area contributed by atoms with E-state index in [1.807, 2.05) is 18.2 Å². The minimum atomic E-state index is -0.407. The van der Waals surface area contributed by atoms with Crippen LogP contribution in [0.25, 0.3) is 0 Å². The van der Waals surface area contributed by atoms with E-state index in [1.165, 1.54) is 44.5 Å². The van der Waals surface area contributed by atoms with Gasteiger partial charge in [-0.25, -0.2) is 0 Å². The maximum atomic E-state index is 13.7. The van der Waals surface area contributed by atoms with Crippen molar-refractivity contribution in [2.45, 2.75) is 69.3 Å². The molecule has 5 atom stereocenters. The molecule has 0 spiro atoms. The van der Waals surface area contributed by atoms with Crippen molar-refractivity contribution < 1.29 is 9.90 Å². The molecular formula is C50H46O2. The summed E-state index contributed by atoms with van der Waals surface area (Å²) in [5.41, 5.74) is 12.4. The highest BCUT2D eigenvalue weighted by atomic mass is 16.3. The summed E-state index contributed by atoms with van der Waals surface area (Å²) >= 11 is 0. The molecule has 2 heteroatoms. The van der Waals surface area contributed by atoms with Gasteiger partial charge in [-0.2, -0.15) is 0 Å². The summed E-state index contributed by atoms with van der Waals surface area (Å²) in [5, 5.41) is 11.5. The van der Waals surface area contributed by atoms with Crippen molar-refractivity contribution in [2.24, 2.45) is 10.8 Å². The summed E-state index contributed by atoms with van der Waals surface area (Å²) in [6, 6.07) is 55.5. The SMILES string of the molecule is O=C1c2ccccc2CC1(Cc1ccccc1)C1CCc2ccccc21.OC1c2ccccc2CC1(Cc1ccccc1)C1CCc2ccccc21. The van der Waals surface area contributed by atoms with Crippen LogP contribution in [0.3, 0.4) is 0 Å². The van der Waals surface area contributed by atoms with Crippen LogP contribution in [0, 0.1) is 10.8 Å². The molecule has 0 saturated carbocycles. The van der Waals surface area contributed by atoms with Gasteiger partial charge in [0.15, 0.2) is 5.78 Å². The second kappa shape index (κ2) is 13.5. The topological polar surface area (TPSA) is 37.3 Å². The van der Waals surface area contributed by atoms with Gasteiger partial charge in [-0.15, -0.1) is 0 Å². The third-order valence-electron chi connectivity index (χ3n) is 13.0. The first kappa shape index (κ1) is 32.8. The standard InChI is InChI=1S/C25H24O.C25H22O/c2*26-24-22-13-7-5-11-20(22)17-25(24,16-18-8-2-1-3-9-18)23-15-14-19-10-4-6-12-21(19)23/h1-13,23-24,26H,14-17H2;1-13,23H,14-17H2. The van der Waals surface area contributed by atoms with E-state index >= 15 is 0 Å². The maximum absolute atomic E-state index is 13.7. The molecule has 0 aromatic heterocycles. The Kier molecular flexibility index (Phi) is 8.52. The third kappa shape index (κ3) is 5.56. The number of Topliss-reactive ketones (excluding diaryl/α,β-unsaturated/α-hetero) is 1. The lowest BCUT2D eigenvalue weighted by Gasteiger charge is -2.40. The average molecular weight is 679 g/mol. The second-order valence-corrected chi connectivity index (χ2v) is 15.7. The van der Waals surface area contributed by atoms with Gasteiger partial charge in [-0.1, -0.05) is 158 Å². The van der Waals surface area contributed by atoms with Crippen molar-refractivity contribution in [3.05, 3.63) is 213 Å². The van der Waals surface area contributed by atoms with Crippen LogP contribution < -0.4 is 0 Å². The van der Waals surface area contributed by atoms with E-state index in [0.717, 1.165) is 62.5 Å². The van der Waals surface area contributed by atoms with Crippen molar-refractivity contribution in [1.82, 2.24) is 0 Å². The Hall–Kier alpha value is -5.05. The lowest BCUT2D eigenvalue weighted by atomic mass is 9.65. The molecule has 4 aliphatic carbocycles. The number of fused-ring (bicyclic) bond motifs is 4. The summed E-state index contributed by atoms with van der Waals surface area (Å²) in [5.74, 6) is 1.05. The first-order valence-electron chi connectivity index (χ1n) is 19.2. The van der Waals surface area contributed by atoms with Gasteiger partial charge in [-0.3, -0.25) is 4.79 Å². The second-order valence-electron chi connectivity index (χ2n) is 15.7. The number of ketones is 1. The molecule has 6 aromatic carbocycles.